The molecule has 3 heterocycles. The van der Waals surface area contributed by atoms with E-state index in [-0.39, 0.29) is 29.6 Å². The van der Waals surface area contributed by atoms with Crippen LogP contribution in [0.1, 0.15) is 56.9 Å². The van der Waals surface area contributed by atoms with E-state index in [9.17, 15) is 12.8 Å². The van der Waals surface area contributed by atoms with E-state index >= 15 is 0 Å². The fourth-order valence-electron chi connectivity index (χ4n) is 4.55. The second-order valence-corrected chi connectivity index (χ2v) is 10.2. The van der Waals surface area contributed by atoms with Gasteiger partial charge >= 0.3 is 0 Å². The molecule has 1 atom stereocenters. The number of nitrogens with one attached hydrogen (secondary N) is 1. The molecule has 2 aliphatic heterocycles. The summed E-state index contributed by atoms with van der Waals surface area (Å²) in [5.41, 5.74) is 3.37. The van der Waals surface area contributed by atoms with Crippen molar-refractivity contribution in [2.24, 2.45) is 10.1 Å². The molecule has 0 saturated heterocycles. The van der Waals surface area contributed by atoms with Crippen LogP contribution < -0.4 is 19.9 Å². The molecule has 1 aliphatic carbocycles. The lowest BCUT2D eigenvalue weighted by atomic mass is 9.94. The molecule has 1 fully saturated rings. The lowest BCUT2D eigenvalue weighted by molar-refractivity contribution is 0.198. The molecule has 0 spiro atoms. The Labute approximate surface area is 194 Å². The van der Waals surface area contributed by atoms with Crippen LogP contribution in [0.5, 0.6) is 11.8 Å². The second kappa shape index (κ2) is 10.3. The average Bonchev–Trinajstić information content (AvgIpc) is 3.22. The molecule has 4 rings (SSSR count). The van der Waals surface area contributed by atoms with E-state index in [2.05, 4.69) is 21.4 Å². The number of nitrogens with zero attached hydrogens (tertiary/aromatic N) is 2. The monoisotopic (exact) mass is 478 g/mol. The maximum Gasteiger partial charge on any atom is 0.243 e. The van der Waals surface area contributed by atoms with Crippen molar-refractivity contribution in [3.63, 3.8) is 0 Å². The van der Waals surface area contributed by atoms with Crippen molar-refractivity contribution in [1.82, 2.24) is 10.3 Å². The molecular weight excluding hydrogens is 447 g/mol. The number of ether oxygens (including phenoxy) is 2. The van der Waals surface area contributed by atoms with E-state index in [1.165, 1.54) is 13.2 Å². The Morgan fingerprint density at radius 3 is 2.73 bits per heavy atom. The number of primary sulfonamides is 1. The van der Waals surface area contributed by atoms with Crippen LogP contribution in [0.15, 0.2) is 33.8 Å². The number of allylic oxidation sites excluding steroid dienone is 1. The molecule has 0 radical (unpaired) electrons. The first-order valence-corrected chi connectivity index (χ1v) is 13.0. The first-order valence-electron chi connectivity index (χ1n) is 11.4. The first kappa shape index (κ1) is 23.8. The van der Waals surface area contributed by atoms with E-state index < -0.39 is 10.0 Å². The van der Waals surface area contributed by atoms with Gasteiger partial charge in [-0.2, -0.15) is 4.98 Å². The van der Waals surface area contributed by atoms with Crippen molar-refractivity contribution >= 4 is 21.3 Å². The minimum atomic E-state index is -4.06. The van der Waals surface area contributed by atoms with E-state index in [0.717, 1.165) is 55.4 Å². The maximum absolute atomic E-state index is 12.6. The number of alkyl halides is 1. The predicted molar refractivity (Wildman–Crippen MR) is 125 cm³/mol. The lowest BCUT2D eigenvalue weighted by Gasteiger charge is -2.21. The van der Waals surface area contributed by atoms with Crippen molar-refractivity contribution < 1.29 is 22.3 Å². The smallest absolute Gasteiger partial charge is 0.243 e. The van der Waals surface area contributed by atoms with Crippen LogP contribution >= 0.6 is 0 Å². The summed E-state index contributed by atoms with van der Waals surface area (Å²) in [6, 6.07) is 1.69. The molecule has 180 valence electrons. The Hall–Kier alpha value is -2.30. The highest BCUT2D eigenvalue weighted by molar-refractivity contribution is 7.89. The Kier molecular flexibility index (Phi) is 7.45. The molecular formula is C23H31FN4O4S. The normalized spacial score (nSPS) is 21.5. The lowest BCUT2D eigenvalue weighted by Crippen LogP contribution is -2.32. The van der Waals surface area contributed by atoms with Gasteiger partial charge in [0.1, 0.15) is 11.0 Å². The number of fused-ring (bicyclic) bond motifs is 1. The summed E-state index contributed by atoms with van der Waals surface area (Å²) < 4.78 is 48.5. The van der Waals surface area contributed by atoms with Crippen LogP contribution in [0, 0.1) is 0 Å². The topological polar surface area (TPSA) is 116 Å². The zero-order valence-corrected chi connectivity index (χ0v) is 19.7. The van der Waals surface area contributed by atoms with Gasteiger partial charge in [-0.05, 0) is 62.2 Å². The number of halogens is 1. The van der Waals surface area contributed by atoms with Gasteiger partial charge in [0.15, 0.2) is 0 Å². The SMILES string of the molecule is COc1nc(OC2CCCC2)c(C2=CN=C3CNC(CCCF)CC=C3C2)cc1S(N)(=O)=O. The molecule has 33 heavy (non-hydrogen) atoms. The van der Waals surface area contributed by atoms with E-state index in [1.807, 2.05) is 0 Å². The van der Waals surface area contributed by atoms with Crippen LogP contribution in [-0.4, -0.2) is 51.6 Å². The molecule has 8 nitrogen and oxygen atoms in total. The molecule has 10 heteroatoms. The fourth-order valence-corrected chi connectivity index (χ4v) is 5.21. The summed E-state index contributed by atoms with van der Waals surface area (Å²) >= 11 is 0. The Balaban J connectivity index is 1.69. The number of nitrogens with two attached hydrogens (primary N) is 1. The van der Waals surface area contributed by atoms with Gasteiger partial charge in [-0.15, -0.1) is 0 Å². The summed E-state index contributed by atoms with van der Waals surface area (Å²) in [6.45, 7) is 0.295. The molecule has 1 aromatic heterocycles. The van der Waals surface area contributed by atoms with Crippen LogP contribution in [-0.2, 0) is 10.0 Å². The number of hydrogen-bond acceptors (Lipinski definition) is 7. The third-order valence-corrected chi connectivity index (χ3v) is 7.27. The van der Waals surface area contributed by atoms with Crippen molar-refractivity contribution in [3.05, 3.63) is 29.5 Å². The Morgan fingerprint density at radius 1 is 1.24 bits per heavy atom. The van der Waals surface area contributed by atoms with Gasteiger partial charge in [-0.3, -0.25) is 9.38 Å². The summed E-state index contributed by atoms with van der Waals surface area (Å²) in [5, 5.41) is 8.89. The van der Waals surface area contributed by atoms with E-state index in [0.29, 0.717) is 30.8 Å². The molecule has 0 bridgehead atoms. The number of aliphatic imine (C=N–C) groups is 1. The Morgan fingerprint density at radius 2 is 2.03 bits per heavy atom. The summed E-state index contributed by atoms with van der Waals surface area (Å²) in [7, 11) is -2.70. The summed E-state index contributed by atoms with van der Waals surface area (Å²) in [4.78, 5) is 8.87. The van der Waals surface area contributed by atoms with Crippen LogP contribution in [0.2, 0.25) is 0 Å². The third-order valence-electron chi connectivity index (χ3n) is 6.37. The molecule has 1 saturated carbocycles. The Bertz CT molecular complexity index is 1080. The highest BCUT2D eigenvalue weighted by Crippen LogP contribution is 2.38. The third kappa shape index (κ3) is 5.62. The fraction of sp³-hybridized carbons (Fsp3) is 0.565. The molecule has 3 aliphatic rings. The molecule has 3 N–H and O–H groups in total. The largest absolute Gasteiger partial charge is 0.480 e. The zero-order chi connectivity index (χ0) is 23.4. The molecule has 0 aromatic carbocycles. The van der Waals surface area contributed by atoms with Crippen LogP contribution in [0.4, 0.5) is 4.39 Å². The van der Waals surface area contributed by atoms with Gasteiger partial charge < -0.3 is 14.8 Å². The number of sulfonamides is 1. The molecule has 1 unspecified atom stereocenters. The van der Waals surface area contributed by atoms with Gasteiger partial charge in [0.05, 0.1) is 19.5 Å². The predicted octanol–water partition coefficient (Wildman–Crippen LogP) is 3.28. The van der Waals surface area contributed by atoms with E-state index in [1.54, 1.807) is 6.20 Å². The van der Waals surface area contributed by atoms with Crippen molar-refractivity contribution in [2.75, 3.05) is 20.3 Å². The number of pyridine rings is 1. The summed E-state index contributed by atoms with van der Waals surface area (Å²) in [6.07, 6.45) is 10.6. The van der Waals surface area contributed by atoms with E-state index in [4.69, 9.17) is 14.6 Å². The highest BCUT2D eigenvalue weighted by atomic mass is 32.2. The maximum atomic E-state index is 12.6. The first-order chi connectivity index (χ1) is 15.9. The van der Waals surface area contributed by atoms with Gasteiger partial charge in [0.2, 0.25) is 21.8 Å². The highest BCUT2D eigenvalue weighted by Gasteiger charge is 2.28. The van der Waals surface area contributed by atoms with Crippen molar-refractivity contribution in [1.29, 1.82) is 0 Å². The minimum Gasteiger partial charge on any atom is -0.480 e. The summed E-state index contributed by atoms with van der Waals surface area (Å²) in [5.74, 6) is 0.257. The average molecular weight is 479 g/mol. The number of rotatable bonds is 8. The van der Waals surface area contributed by atoms with Crippen molar-refractivity contribution in [2.45, 2.75) is 68.4 Å². The zero-order valence-electron chi connectivity index (χ0n) is 18.8. The van der Waals surface area contributed by atoms with Crippen LogP contribution in [0.3, 0.4) is 0 Å². The van der Waals surface area contributed by atoms with Crippen molar-refractivity contribution in [3.8, 4) is 11.8 Å². The molecule has 1 aromatic rings. The van der Waals surface area contributed by atoms with Gasteiger partial charge in [0.25, 0.3) is 0 Å². The van der Waals surface area contributed by atoms with Crippen LogP contribution in [0.25, 0.3) is 5.57 Å². The number of aromatic nitrogens is 1. The van der Waals surface area contributed by atoms with Gasteiger partial charge in [0, 0.05) is 30.8 Å². The van der Waals surface area contributed by atoms with Gasteiger partial charge in [-0.1, -0.05) is 6.08 Å². The standard InChI is InChI=1S/C23H31FN4O4S/c1-31-23-21(33(25,29)30)12-19(22(28-23)32-18-6-2-3-7-18)16-11-15-8-9-17(5-4-10-24)26-14-20(15)27-13-16/h8,12-13,17-18,26H,2-7,9-11,14H2,1H3,(H2,25,29,30). The quantitative estimate of drug-likeness (QED) is 0.592. The number of methoxy groups -OCH3 is 1. The number of hydrogen-bond donors (Lipinski definition) is 2. The molecule has 0 amide bonds. The minimum absolute atomic E-state index is 0.0297. The van der Waals surface area contributed by atoms with Gasteiger partial charge in [-0.25, -0.2) is 13.6 Å². The second-order valence-electron chi connectivity index (χ2n) is 8.70.